The van der Waals surface area contributed by atoms with E-state index in [2.05, 4.69) is 13.8 Å². The first-order valence-corrected chi connectivity index (χ1v) is 8.41. The lowest BCUT2D eigenvalue weighted by atomic mass is 10.1. The van der Waals surface area contributed by atoms with Gasteiger partial charge in [-0.1, -0.05) is 59.3 Å². The van der Waals surface area contributed by atoms with Gasteiger partial charge in [0.25, 0.3) is 0 Å². The summed E-state index contributed by atoms with van der Waals surface area (Å²) in [6.07, 6.45) is 8.69. The standard InChI is InChI=1S/C17H32O4/c1-4-6-7-8-9-10-12-20-16(18)13-17(19)21-14-15(3)11-5-2/h15H,4-14H2,1-3H3. The minimum Gasteiger partial charge on any atom is -0.465 e. The van der Waals surface area contributed by atoms with Crippen molar-refractivity contribution in [3.8, 4) is 0 Å². The summed E-state index contributed by atoms with van der Waals surface area (Å²) in [4.78, 5) is 22.9. The highest BCUT2D eigenvalue weighted by Gasteiger charge is 2.13. The third-order valence-corrected chi connectivity index (χ3v) is 3.36. The molecule has 0 saturated heterocycles. The monoisotopic (exact) mass is 300 g/mol. The van der Waals surface area contributed by atoms with Gasteiger partial charge in [-0.25, -0.2) is 0 Å². The van der Waals surface area contributed by atoms with Crippen LogP contribution in [0.25, 0.3) is 0 Å². The number of carbonyl (C=O) groups excluding carboxylic acids is 2. The van der Waals surface area contributed by atoms with Gasteiger partial charge in [0, 0.05) is 0 Å². The lowest BCUT2D eigenvalue weighted by molar-refractivity contribution is -0.155. The summed E-state index contributed by atoms with van der Waals surface area (Å²) >= 11 is 0. The van der Waals surface area contributed by atoms with Crippen LogP contribution in [0.5, 0.6) is 0 Å². The number of rotatable bonds is 13. The third-order valence-electron chi connectivity index (χ3n) is 3.36. The molecule has 0 N–H and O–H groups in total. The van der Waals surface area contributed by atoms with E-state index in [4.69, 9.17) is 9.47 Å². The largest absolute Gasteiger partial charge is 0.465 e. The molecule has 0 saturated carbocycles. The van der Waals surface area contributed by atoms with E-state index >= 15 is 0 Å². The van der Waals surface area contributed by atoms with Crippen molar-refractivity contribution in [1.82, 2.24) is 0 Å². The third kappa shape index (κ3) is 13.7. The summed E-state index contributed by atoms with van der Waals surface area (Å²) in [6.45, 7) is 7.11. The Hall–Kier alpha value is -1.06. The molecule has 0 heterocycles. The fraction of sp³-hybridized carbons (Fsp3) is 0.882. The second-order valence-electron chi connectivity index (χ2n) is 5.74. The molecule has 0 radical (unpaired) electrons. The van der Waals surface area contributed by atoms with Gasteiger partial charge in [0.2, 0.25) is 0 Å². The lowest BCUT2D eigenvalue weighted by Crippen LogP contribution is -2.17. The molecule has 0 amide bonds. The maximum atomic E-state index is 11.4. The zero-order valence-corrected chi connectivity index (χ0v) is 14.0. The molecule has 0 aliphatic heterocycles. The van der Waals surface area contributed by atoms with Crippen molar-refractivity contribution in [2.75, 3.05) is 13.2 Å². The normalized spacial score (nSPS) is 12.0. The molecule has 0 spiro atoms. The molecule has 0 aromatic carbocycles. The lowest BCUT2D eigenvalue weighted by Gasteiger charge is -2.10. The smallest absolute Gasteiger partial charge is 0.317 e. The van der Waals surface area contributed by atoms with Crippen LogP contribution < -0.4 is 0 Å². The molecule has 0 aliphatic carbocycles. The van der Waals surface area contributed by atoms with Crippen molar-refractivity contribution in [2.24, 2.45) is 5.92 Å². The molecule has 1 unspecified atom stereocenters. The summed E-state index contributed by atoms with van der Waals surface area (Å²) in [5, 5.41) is 0. The molecule has 0 aliphatic rings. The Morgan fingerprint density at radius 2 is 1.48 bits per heavy atom. The number of hydrogen-bond acceptors (Lipinski definition) is 4. The number of carbonyl (C=O) groups is 2. The van der Waals surface area contributed by atoms with Gasteiger partial charge in [0.05, 0.1) is 13.2 Å². The molecule has 0 bridgehead atoms. The minimum absolute atomic E-state index is 0.269. The number of ether oxygens (including phenoxy) is 2. The van der Waals surface area contributed by atoms with Crippen LogP contribution in [0.4, 0.5) is 0 Å². The van der Waals surface area contributed by atoms with E-state index in [1.54, 1.807) is 0 Å². The van der Waals surface area contributed by atoms with Gasteiger partial charge < -0.3 is 9.47 Å². The van der Waals surface area contributed by atoms with Gasteiger partial charge in [0.1, 0.15) is 6.42 Å². The fourth-order valence-corrected chi connectivity index (χ4v) is 2.10. The second kappa shape index (κ2) is 13.9. The Bertz CT molecular complexity index is 276. The van der Waals surface area contributed by atoms with Crippen molar-refractivity contribution >= 4 is 11.9 Å². The predicted molar refractivity (Wildman–Crippen MR) is 84.0 cm³/mol. The topological polar surface area (TPSA) is 52.6 Å². The number of unbranched alkanes of at least 4 members (excludes halogenated alkanes) is 5. The number of esters is 2. The van der Waals surface area contributed by atoms with Crippen molar-refractivity contribution in [1.29, 1.82) is 0 Å². The Kier molecular flexibility index (Phi) is 13.2. The zero-order chi connectivity index (χ0) is 15.9. The molecule has 0 aromatic heterocycles. The first-order valence-electron chi connectivity index (χ1n) is 8.41. The molecule has 0 aromatic rings. The Balaban J connectivity index is 3.49. The first kappa shape index (κ1) is 19.9. The second-order valence-corrected chi connectivity index (χ2v) is 5.74. The zero-order valence-electron chi connectivity index (χ0n) is 14.0. The van der Waals surface area contributed by atoms with E-state index in [0.29, 0.717) is 19.1 Å². The Labute approximate surface area is 129 Å². The maximum absolute atomic E-state index is 11.4. The highest BCUT2D eigenvalue weighted by molar-refractivity contribution is 5.91. The summed E-state index contributed by atoms with van der Waals surface area (Å²) in [5.41, 5.74) is 0. The van der Waals surface area contributed by atoms with E-state index in [-0.39, 0.29) is 6.42 Å². The minimum atomic E-state index is -0.481. The summed E-state index contributed by atoms with van der Waals surface area (Å²) < 4.78 is 10.1. The summed E-state index contributed by atoms with van der Waals surface area (Å²) in [7, 11) is 0. The highest BCUT2D eigenvalue weighted by Crippen LogP contribution is 2.07. The summed E-state index contributed by atoms with van der Waals surface area (Å²) in [6, 6.07) is 0. The van der Waals surface area contributed by atoms with E-state index in [9.17, 15) is 9.59 Å². The number of hydrogen-bond donors (Lipinski definition) is 0. The predicted octanol–water partition coefficient (Wildman–Crippen LogP) is 4.26. The van der Waals surface area contributed by atoms with Gasteiger partial charge in [0.15, 0.2) is 0 Å². The SMILES string of the molecule is CCCCCCCCOC(=O)CC(=O)OCC(C)CCC. The molecule has 0 fully saturated rings. The average Bonchev–Trinajstić information content (AvgIpc) is 2.44. The Morgan fingerprint density at radius 1 is 0.857 bits per heavy atom. The van der Waals surface area contributed by atoms with Crippen LogP contribution in [0.3, 0.4) is 0 Å². The van der Waals surface area contributed by atoms with E-state index in [1.165, 1.54) is 25.7 Å². The Morgan fingerprint density at radius 3 is 2.14 bits per heavy atom. The average molecular weight is 300 g/mol. The maximum Gasteiger partial charge on any atom is 0.317 e. The van der Waals surface area contributed by atoms with Gasteiger partial charge >= 0.3 is 11.9 Å². The van der Waals surface area contributed by atoms with Crippen LogP contribution in [0, 0.1) is 5.92 Å². The molecular formula is C17H32O4. The van der Waals surface area contributed by atoms with E-state index < -0.39 is 11.9 Å². The molecular weight excluding hydrogens is 268 g/mol. The fourth-order valence-electron chi connectivity index (χ4n) is 2.10. The molecule has 4 nitrogen and oxygen atoms in total. The summed E-state index contributed by atoms with van der Waals surface area (Å²) in [5.74, 6) is -0.610. The van der Waals surface area contributed by atoms with Crippen LogP contribution in [0.15, 0.2) is 0 Å². The van der Waals surface area contributed by atoms with Crippen molar-refractivity contribution in [3.63, 3.8) is 0 Å². The highest BCUT2D eigenvalue weighted by atomic mass is 16.6. The van der Waals surface area contributed by atoms with Crippen LogP contribution in [-0.2, 0) is 19.1 Å². The van der Waals surface area contributed by atoms with Gasteiger partial charge in [-0.15, -0.1) is 0 Å². The molecule has 1 atom stereocenters. The van der Waals surface area contributed by atoms with Crippen molar-refractivity contribution in [3.05, 3.63) is 0 Å². The first-order chi connectivity index (χ1) is 10.1. The van der Waals surface area contributed by atoms with Gasteiger partial charge in [-0.3, -0.25) is 9.59 Å². The molecule has 0 rings (SSSR count). The van der Waals surface area contributed by atoms with Gasteiger partial charge in [-0.05, 0) is 18.8 Å². The van der Waals surface area contributed by atoms with Crippen LogP contribution in [-0.4, -0.2) is 25.2 Å². The van der Waals surface area contributed by atoms with Crippen molar-refractivity contribution < 1.29 is 19.1 Å². The quantitative estimate of drug-likeness (QED) is 0.290. The van der Waals surface area contributed by atoms with Crippen LogP contribution in [0.2, 0.25) is 0 Å². The van der Waals surface area contributed by atoms with Crippen LogP contribution in [0.1, 0.15) is 78.6 Å². The van der Waals surface area contributed by atoms with Gasteiger partial charge in [-0.2, -0.15) is 0 Å². The molecule has 4 heteroatoms. The van der Waals surface area contributed by atoms with E-state index in [1.807, 2.05) is 6.92 Å². The van der Waals surface area contributed by atoms with Crippen molar-refractivity contribution in [2.45, 2.75) is 78.6 Å². The molecule has 124 valence electrons. The van der Waals surface area contributed by atoms with Crippen LogP contribution >= 0.6 is 0 Å². The van der Waals surface area contributed by atoms with E-state index in [0.717, 1.165) is 25.7 Å². The molecule has 21 heavy (non-hydrogen) atoms.